The summed E-state index contributed by atoms with van der Waals surface area (Å²) in [6.45, 7) is 13.4. The second kappa shape index (κ2) is 19.5. The van der Waals surface area contributed by atoms with Gasteiger partial charge in [-0.3, -0.25) is 6.08 Å². The van der Waals surface area contributed by atoms with E-state index in [0.29, 0.717) is 11.3 Å². The maximum atomic E-state index is 3.57. The van der Waals surface area contributed by atoms with Gasteiger partial charge < -0.3 is 7.43 Å². The van der Waals surface area contributed by atoms with Crippen LogP contribution in [0.5, 0.6) is 0 Å². The van der Waals surface area contributed by atoms with E-state index in [1.54, 1.807) is 0 Å². The van der Waals surface area contributed by atoms with Crippen LogP contribution in [-0.2, 0) is 30.7 Å². The molecule has 3 aromatic carbocycles. The second-order valence-electron chi connectivity index (χ2n) is 9.80. The maximum absolute atomic E-state index is 3.57. The number of halogens is 2. The topological polar surface area (TPSA) is 0 Å². The molecular weight excluding hydrogens is 583 g/mol. The van der Waals surface area contributed by atoms with E-state index in [0.717, 1.165) is 12.8 Å². The molecule has 0 nitrogen and oxygen atoms in total. The van der Waals surface area contributed by atoms with E-state index >= 15 is 0 Å². The summed E-state index contributed by atoms with van der Waals surface area (Å²) in [4.78, 5) is 0. The number of rotatable bonds is 2. The van der Waals surface area contributed by atoms with Gasteiger partial charge in [-0.1, -0.05) is 101 Å². The predicted octanol–water partition coefficient (Wildman–Crippen LogP) is 10.3. The molecule has 0 fully saturated rings. The second-order valence-corrected chi connectivity index (χ2v) is 9.80. The molecule has 0 aliphatic heterocycles. The number of allylic oxidation sites excluding steroid dienone is 4. The first-order valence-corrected chi connectivity index (χ1v) is 14.3. The molecule has 3 aromatic rings. The van der Waals surface area contributed by atoms with Crippen molar-refractivity contribution in [1.82, 2.24) is 0 Å². The van der Waals surface area contributed by atoms with E-state index in [1.807, 2.05) is 30.3 Å². The summed E-state index contributed by atoms with van der Waals surface area (Å²) >= 11 is 1.30. The largest absolute Gasteiger partial charge is 0.358 e. The van der Waals surface area contributed by atoms with Crippen molar-refractivity contribution in [2.75, 3.05) is 0 Å². The van der Waals surface area contributed by atoms with Crippen molar-refractivity contribution in [3.63, 3.8) is 0 Å². The average Bonchev–Trinajstić information content (AvgIpc) is 3.48. The Morgan fingerprint density at radius 2 is 1.50 bits per heavy atom. The van der Waals surface area contributed by atoms with Crippen molar-refractivity contribution in [1.29, 1.82) is 0 Å². The normalized spacial score (nSPS) is 13.8. The summed E-state index contributed by atoms with van der Waals surface area (Å²) < 4.78 is 3.34. The first-order chi connectivity index (χ1) is 16.8. The molecule has 2 aliphatic carbocycles. The molecule has 0 spiro atoms. The number of hydrogen-bond acceptors (Lipinski definition) is 0. The fraction of sp³-hybridized carbons (Fsp3) is 0.314. The third-order valence-electron chi connectivity index (χ3n) is 6.16. The molecule has 0 radical (unpaired) electrons. The smallest absolute Gasteiger partial charge is 0.0253 e. The van der Waals surface area contributed by atoms with Crippen LogP contribution in [0.15, 0.2) is 84.0 Å². The third-order valence-corrected chi connectivity index (χ3v) is 6.16. The van der Waals surface area contributed by atoms with Gasteiger partial charge in [0.15, 0.2) is 0 Å². The Bertz CT molecular complexity index is 1080. The predicted molar refractivity (Wildman–Crippen MR) is 170 cm³/mol. The van der Waals surface area contributed by atoms with Crippen molar-refractivity contribution >= 4 is 29.0 Å². The monoisotopic (exact) mass is 624 g/mol. The van der Waals surface area contributed by atoms with Crippen molar-refractivity contribution in [3.05, 3.63) is 126 Å². The Morgan fingerprint density at radius 1 is 0.895 bits per heavy atom. The molecule has 1 unspecified atom stereocenters. The zero-order chi connectivity index (χ0) is 25.8. The van der Waals surface area contributed by atoms with Gasteiger partial charge in [0, 0.05) is 0 Å². The van der Waals surface area contributed by atoms with Crippen LogP contribution in [0.3, 0.4) is 0 Å². The number of fused-ring (bicyclic) bond motifs is 3. The maximum Gasteiger partial charge on any atom is -0.0253 e. The van der Waals surface area contributed by atoms with Gasteiger partial charge >= 0.3 is 28.4 Å². The van der Waals surface area contributed by atoms with Crippen LogP contribution in [0.4, 0.5) is 0 Å². The minimum Gasteiger partial charge on any atom is -0.358 e. The van der Waals surface area contributed by atoms with Gasteiger partial charge in [0.2, 0.25) is 0 Å². The molecular formula is C35H44Cl2Zr-4. The van der Waals surface area contributed by atoms with Crippen LogP contribution >= 0.6 is 24.8 Å². The van der Waals surface area contributed by atoms with Crippen molar-refractivity contribution < 1.29 is 24.2 Å². The van der Waals surface area contributed by atoms with Gasteiger partial charge in [-0.15, -0.1) is 30.4 Å². The van der Waals surface area contributed by atoms with Crippen molar-refractivity contribution in [2.45, 2.75) is 60.8 Å². The molecule has 0 N–H and O–H groups in total. The van der Waals surface area contributed by atoms with Gasteiger partial charge in [-0.05, 0) is 6.42 Å². The molecule has 2 aliphatic rings. The van der Waals surface area contributed by atoms with E-state index in [1.165, 1.54) is 69.6 Å². The van der Waals surface area contributed by atoms with Gasteiger partial charge in [0.25, 0.3) is 0 Å². The van der Waals surface area contributed by atoms with Gasteiger partial charge in [0.1, 0.15) is 0 Å². The number of aryl methyl sites for hydroxylation is 1. The van der Waals surface area contributed by atoms with E-state index in [9.17, 15) is 0 Å². The Morgan fingerprint density at radius 3 is 2.00 bits per heavy atom. The van der Waals surface area contributed by atoms with E-state index < -0.39 is 0 Å². The molecule has 0 saturated carbocycles. The Kier molecular flexibility index (Phi) is 19.8. The Labute approximate surface area is 261 Å². The van der Waals surface area contributed by atoms with Crippen LogP contribution in [0.25, 0.3) is 11.1 Å². The van der Waals surface area contributed by atoms with E-state index in [4.69, 9.17) is 0 Å². The zero-order valence-corrected chi connectivity index (χ0v) is 28.2. The minimum atomic E-state index is 0. The summed E-state index contributed by atoms with van der Waals surface area (Å²) in [7, 11) is 0. The van der Waals surface area contributed by atoms with Crippen LogP contribution in [0.2, 0.25) is 0 Å². The molecule has 38 heavy (non-hydrogen) atoms. The summed E-state index contributed by atoms with van der Waals surface area (Å²) in [6, 6.07) is 28.9. The number of benzene rings is 3. The van der Waals surface area contributed by atoms with Crippen LogP contribution < -0.4 is 0 Å². The van der Waals surface area contributed by atoms with Crippen LogP contribution in [-0.4, -0.2) is 4.21 Å². The molecule has 0 heterocycles. The first-order valence-electron chi connectivity index (χ1n) is 12.5. The van der Waals surface area contributed by atoms with Crippen LogP contribution in [0.1, 0.15) is 64.2 Å². The Balaban J connectivity index is 0. The summed E-state index contributed by atoms with van der Waals surface area (Å²) in [5.74, 6) is 0.573. The molecule has 206 valence electrons. The van der Waals surface area contributed by atoms with Gasteiger partial charge in [-0.25, -0.2) is 5.57 Å². The van der Waals surface area contributed by atoms with Gasteiger partial charge in [-0.2, -0.15) is 77.4 Å². The third kappa shape index (κ3) is 11.3. The number of hydrogen-bond donors (Lipinski definition) is 0. The molecule has 1 atom stereocenters. The fourth-order valence-electron chi connectivity index (χ4n) is 4.33. The molecule has 0 bridgehead atoms. The molecule has 0 aromatic heterocycles. The summed E-state index contributed by atoms with van der Waals surface area (Å²) in [6.07, 6.45) is 9.33. The first kappa shape index (κ1) is 38.6. The zero-order valence-electron chi connectivity index (χ0n) is 24.2. The average molecular weight is 627 g/mol. The summed E-state index contributed by atoms with van der Waals surface area (Å²) in [5, 5.41) is 0. The molecule has 0 amide bonds. The standard InChI is InChI=1S/C13H9.C13H21.C7H7.CH3.CH2.2ClH.Zr/c1-3-7-12-10(5-1)9-11-6-2-4-8-13(11)12;1-6-10-8-11(7-2)12(9-10)13(3,4)5;1-7-5-3-2-4-6-7;;;;;/h1-5,7-8H,9H2;9-10H,6-7H2,1-5H3;3-6H,1H3;1H3;1H2;2*1H;/q4*-1;;;;. The fourth-order valence-corrected chi connectivity index (χ4v) is 4.33. The minimum absolute atomic E-state index is 0. The molecule has 5 rings (SSSR count). The quantitative estimate of drug-likeness (QED) is 0.194. The molecule has 3 heteroatoms. The Hall–Kier alpha value is -1.53. The van der Waals surface area contributed by atoms with Crippen molar-refractivity contribution in [2.24, 2.45) is 11.3 Å². The van der Waals surface area contributed by atoms with Crippen molar-refractivity contribution in [3.8, 4) is 11.1 Å². The van der Waals surface area contributed by atoms with E-state index in [-0.39, 0.29) is 32.2 Å². The summed E-state index contributed by atoms with van der Waals surface area (Å²) in [5.41, 5.74) is 10.1. The molecule has 0 saturated heterocycles. The van der Waals surface area contributed by atoms with Gasteiger partial charge in [0.05, 0.1) is 0 Å². The van der Waals surface area contributed by atoms with Crippen LogP contribution in [0, 0.1) is 43.9 Å². The SMILES string of the molecule is CCC1=[C-]C(CC)C=C1C(C)(C)C.Cc1cc[c-]cc1.Cl.Cl.[CH2]=[Zr].[CH3-].[c-]1cccc2c1Cc1ccccc1-2. The van der Waals surface area contributed by atoms with E-state index in [2.05, 4.69) is 106 Å².